The Kier molecular flexibility index (Phi) is 6.25. The molecule has 16 heavy (non-hydrogen) atoms. The van der Waals surface area contributed by atoms with Gasteiger partial charge in [0.1, 0.15) is 0 Å². The van der Waals surface area contributed by atoms with E-state index >= 15 is 0 Å². The molecule has 0 aliphatic rings. The highest BCUT2D eigenvalue weighted by Gasteiger charge is 2.07. The van der Waals surface area contributed by atoms with Crippen LogP contribution in [0, 0.1) is 0 Å². The average molecular weight is 258 g/mol. The summed E-state index contributed by atoms with van der Waals surface area (Å²) in [6.45, 7) is 4.46. The third-order valence-corrected chi connectivity index (χ3v) is 3.53. The fraction of sp³-hybridized carbons (Fsp3) is 0.538. The summed E-state index contributed by atoms with van der Waals surface area (Å²) in [5.74, 6) is 1.16. The van der Waals surface area contributed by atoms with Crippen molar-refractivity contribution in [3.63, 3.8) is 0 Å². The smallest absolute Gasteiger partial charge is 0.0406 e. The second-order valence-electron chi connectivity index (χ2n) is 4.25. The molecule has 0 bridgehead atoms. The van der Waals surface area contributed by atoms with Crippen LogP contribution in [0.25, 0.3) is 0 Å². The van der Waals surface area contributed by atoms with Crippen molar-refractivity contribution in [2.75, 3.05) is 12.0 Å². The van der Waals surface area contributed by atoms with Crippen LogP contribution in [0.3, 0.4) is 0 Å². The van der Waals surface area contributed by atoms with Gasteiger partial charge in [0, 0.05) is 22.9 Å². The van der Waals surface area contributed by atoms with Crippen molar-refractivity contribution in [3.8, 4) is 0 Å². The monoisotopic (exact) mass is 257 g/mol. The third-order valence-electron chi connectivity index (χ3n) is 2.44. The SMILES string of the molecule is CSCC(C)NC(C)Cc1ccc(Cl)cc1. The molecule has 1 rings (SSSR count). The Morgan fingerprint density at radius 3 is 2.38 bits per heavy atom. The molecular weight excluding hydrogens is 238 g/mol. The number of hydrogen-bond donors (Lipinski definition) is 1. The number of halogens is 1. The minimum Gasteiger partial charge on any atom is -0.311 e. The van der Waals surface area contributed by atoms with Crippen LogP contribution in [0.1, 0.15) is 19.4 Å². The minimum atomic E-state index is 0.503. The van der Waals surface area contributed by atoms with Gasteiger partial charge in [-0.15, -0.1) is 0 Å². The Bertz CT molecular complexity index is 299. The van der Waals surface area contributed by atoms with E-state index in [-0.39, 0.29) is 0 Å². The van der Waals surface area contributed by atoms with Crippen molar-refractivity contribution in [2.45, 2.75) is 32.4 Å². The van der Waals surface area contributed by atoms with Crippen LogP contribution in [0.4, 0.5) is 0 Å². The first-order valence-corrected chi connectivity index (χ1v) is 7.38. The quantitative estimate of drug-likeness (QED) is 0.836. The van der Waals surface area contributed by atoms with Crippen LogP contribution in [0.15, 0.2) is 24.3 Å². The average Bonchev–Trinajstić information content (AvgIpc) is 2.21. The standard InChI is InChI=1S/C13H20ClNS/c1-10(15-11(2)9-16-3)8-12-4-6-13(14)7-5-12/h4-7,10-11,15H,8-9H2,1-3H3. The zero-order valence-electron chi connectivity index (χ0n) is 10.2. The zero-order chi connectivity index (χ0) is 12.0. The van der Waals surface area contributed by atoms with Gasteiger partial charge in [-0.05, 0) is 44.2 Å². The predicted molar refractivity (Wildman–Crippen MR) is 75.6 cm³/mol. The molecule has 0 radical (unpaired) electrons. The van der Waals surface area contributed by atoms with E-state index in [4.69, 9.17) is 11.6 Å². The summed E-state index contributed by atoms with van der Waals surface area (Å²) >= 11 is 7.74. The predicted octanol–water partition coefficient (Wildman–Crippen LogP) is 3.61. The first kappa shape index (κ1) is 13.9. The van der Waals surface area contributed by atoms with Gasteiger partial charge in [-0.25, -0.2) is 0 Å². The van der Waals surface area contributed by atoms with Crippen molar-refractivity contribution < 1.29 is 0 Å². The van der Waals surface area contributed by atoms with Crippen LogP contribution < -0.4 is 5.32 Å². The van der Waals surface area contributed by atoms with Gasteiger partial charge in [-0.2, -0.15) is 11.8 Å². The van der Waals surface area contributed by atoms with Crippen molar-refractivity contribution in [3.05, 3.63) is 34.9 Å². The van der Waals surface area contributed by atoms with E-state index in [1.54, 1.807) is 0 Å². The molecule has 0 saturated heterocycles. The van der Waals surface area contributed by atoms with Crippen molar-refractivity contribution >= 4 is 23.4 Å². The van der Waals surface area contributed by atoms with Gasteiger partial charge in [-0.3, -0.25) is 0 Å². The molecule has 2 atom stereocenters. The molecule has 90 valence electrons. The van der Waals surface area contributed by atoms with Gasteiger partial charge in [0.25, 0.3) is 0 Å². The van der Waals surface area contributed by atoms with E-state index in [1.807, 2.05) is 23.9 Å². The maximum absolute atomic E-state index is 5.86. The summed E-state index contributed by atoms with van der Waals surface area (Å²) in [7, 11) is 0. The number of benzene rings is 1. The van der Waals surface area contributed by atoms with Crippen molar-refractivity contribution in [1.82, 2.24) is 5.32 Å². The highest BCUT2D eigenvalue weighted by atomic mass is 35.5. The molecule has 1 nitrogen and oxygen atoms in total. The molecule has 0 spiro atoms. The van der Waals surface area contributed by atoms with Crippen LogP contribution in [0.5, 0.6) is 0 Å². The molecule has 1 aromatic carbocycles. The molecule has 0 saturated carbocycles. The normalized spacial score (nSPS) is 14.8. The van der Waals surface area contributed by atoms with Gasteiger partial charge >= 0.3 is 0 Å². The number of thioether (sulfide) groups is 1. The third kappa shape index (κ3) is 5.24. The lowest BCUT2D eigenvalue weighted by atomic mass is 10.1. The Morgan fingerprint density at radius 1 is 1.19 bits per heavy atom. The summed E-state index contributed by atoms with van der Waals surface area (Å²) in [5, 5.41) is 4.40. The van der Waals surface area contributed by atoms with Gasteiger partial charge < -0.3 is 5.32 Å². The summed E-state index contributed by atoms with van der Waals surface area (Å²) in [6.07, 6.45) is 3.19. The molecule has 0 heterocycles. The summed E-state index contributed by atoms with van der Waals surface area (Å²) in [6, 6.07) is 9.17. The van der Waals surface area contributed by atoms with E-state index < -0.39 is 0 Å². The van der Waals surface area contributed by atoms with E-state index in [1.165, 1.54) is 5.56 Å². The molecule has 3 heteroatoms. The molecule has 2 unspecified atom stereocenters. The largest absolute Gasteiger partial charge is 0.311 e. The molecule has 1 aromatic rings. The summed E-state index contributed by atoms with van der Waals surface area (Å²) in [4.78, 5) is 0. The molecule has 0 aliphatic carbocycles. The summed E-state index contributed by atoms with van der Waals surface area (Å²) in [5.41, 5.74) is 1.33. The molecule has 0 fully saturated rings. The van der Waals surface area contributed by atoms with Crippen LogP contribution >= 0.6 is 23.4 Å². The maximum atomic E-state index is 5.86. The summed E-state index contributed by atoms with van der Waals surface area (Å²) < 4.78 is 0. The fourth-order valence-electron chi connectivity index (χ4n) is 1.82. The number of hydrogen-bond acceptors (Lipinski definition) is 2. The number of nitrogens with one attached hydrogen (secondary N) is 1. The molecule has 1 N–H and O–H groups in total. The first-order valence-electron chi connectivity index (χ1n) is 5.61. The minimum absolute atomic E-state index is 0.503. The molecule has 0 amide bonds. The van der Waals surface area contributed by atoms with E-state index in [0.717, 1.165) is 17.2 Å². The van der Waals surface area contributed by atoms with Crippen molar-refractivity contribution in [1.29, 1.82) is 0 Å². The Morgan fingerprint density at radius 2 is 1.81 bits per heavy atom. The fourth-order valence-corrected chi connectivity index (χ4v) is 2.54. The van der Waals surface area contributed by atoms with Crippen LogP contribution in [0.2, 0.25) is 5.02 Å². The molecular formula is C13H20ClNS. The lowest BCUT2D eigenvalue weighted by molar-refractivity contribution is 0.492. The Labute approximate surface area is 108 Å². The molecule has 0 aliphatic heterocycles. The Hall–Kier alpha value is -0.180. The highest BCUT2D eigenvalue weighted by Crippen LogP contribution is 2.11. The first-order chi connectivity index (χ1) is 7.61. The lowest BCUT2D eigenvalue weighted by Gasteiger charge is -2.19. The zero-order valence-corrected chi connectivity index (χ0v) is 11.7. The van der Waals surface area contributed by atoms with Gasteiger partial charge in [0.05, 0.1) is 0 Å². The van der Waals surface area contributed by atoms with Gasteiger partial charge in [0.15, 0.2) is 0 Å². The van der Waals surface area contributed by atoms with Gasteiger partial charge in [0.2, 0.25) is 0 Å². The topological polar surface area (TPSA) is 12.0 Å². The van der Waals surface area contributed by atoms with Crippen molar-refractivity contribution in [2.24, 2.45) is 0 Å². The second-order valence-corrected chi connectivity index (χ2v) is 5.60. The second kappa shape index (κ2) is 7.21. The molecule has 0 aromatic heterocycles. The van der Waals surface area contributed by atoms with E-state index in [0.29, 0.717) is 12.1 Å². The highest BCUT2D eigenvalue weighted by molar-refractivity contribution is 7.98. The van der Waals surface area contributed by atoms with E-state index in [2.05, 4.69) is 37.6 Å². The number of rotatable bonds is 6. The van der Waals surface area contributed by atoms with E-state index in [9.17, 15) is 0 Å². The maximum Gasteiger partial charge on any atom is 0.0406 e. The lowest BCUT2D eigenvalue weighted by Crippen LogP contribution is -2.37. The van der Waals surface area contributed by atoms with Crippen LogP contribution in [-0.4, -0.2) is 24.1 Å². The van der Waals surface area contributed by atoms with Gasteiger partial charge in [-0.1, -0.05) is 23.7 Å². The van der Waals surface area contributed by atoms with Crippen LogP contribution in [-0.2, 0) is 6.42 Å². The Balaban J connectivity index is 2.39.